The van der Waals surface area contributed by atoms with Gasteiger partial charge in [-0.2, -0.15) is 0 Å². The molecule has 0 unspecified atom stereocenters. The van der Waals surface area contributed by atoms with Gasteiger partial charge < -0.3 is 14.8 Å². The van der Waals surface area contributed by atoms with Gasteiger partial charge >= 0.3 is 0 Å². The third-order valence-corrected chi connectivity index (χ3v) is 5.66. The van der Waals surface area contributed by atoms with Gasteiger partial charge in [0.2, 0.25) is 0 Å². The molecule has 0 saturated carbocycles. The number of amides is 1. The van der Waals surface area contributed by atoms with Crippen LogP contribution in [-0.4, -0.2) is 12.5 Å². The van der Waals surface area contributed by atoms with E-state index >= 15 is 0 Å². The van der Waals surface area contributed by atoms with Crippen LogP contribution in [0.15, 0.2) is 60.7 Å². The van der Waals surface area contributed by atoms with E-state index in [0.29, 0.717) is 24.5 Å². The maximum atomic E-state index is 12.4. The van der Waals surface area contributed by atoms with E-state index in [4.69, 9.17) is 9.47 Å². The van der Waals surface area contributed by atoms with Gasteiger partial charge in [0.05, 0.1) is 10.2 Å². The highest BCUT2D eigenvalue weighted by Gasteiger charge is 2.23. The van der Waals surface area contributed by atoms with E-state index in [1.165, 1.54) is 5.56 Å². The lowest BCUT2D eigenvalue weighted by atomic mass is 10.0. The first-order valence-corrected chi connectivity index (χ1v) is 10.9. The van der Waals surface area contributed by atoms with Gasteiger partial charge in [-0.1, -0.05) is 48.0 Å². The Morgan fingerprint density at radius 3 is 2.57 bits per heavy atom. The lowest BCUT2D eigenvalue weighted by Crippen LogP contribution is -2.04. The molecule has 0 aromatic heterocycles. The number of anilines is 1. The fourth-order valence-corrected chi connectivity index (χ4v) is 4.14. The Hall–Kier alpha value is -2.80. The summed E-state index contributed by atoms with van der Waals surface area (Å²) in [7, 11) is 0. The summed E-state index contributed by atoms with van der Waals surface area (Å²) in [4.78, 5) is 12.4. The first kappa shape index (κ1) is 20.5. The minimum Gasteiger partial charge on any atom is -0.490 e. The Morgan fingerprint density at radius 2 is 1.80 bits per heavy atom. The number of halogens is 1. The molecule has 4 nitrogen and oxygen atoms in total. The molecule has 3 aromatic rings. The van der Waals surface area contributed by atoms with Gasteiger partial charge in [0.1, 0.15) is 6.61 Å². The summed E-state index contributed by atoms with van der Waals surface area (Å²) in [6.45, 7) is 5.01. The topological polar surface area (TPSA) is 47.6 Å². The highest BCUT2D eigenvalue weighted by Crippen LogP contribution is 2.38. The molecule has 3 aromatic carbocycles. The van der Waals surface area contributed by atoms with Crippen LogP contribution in [0.25, 0.3) is 11.6 Å². The number of carbonyl (C=O) groups excluding carboxylic acids is 1. The van der Waals surface area contributed by atoms with Crippen LogP contribution < -0.4 is 14.8 Å². The monoisotopic (exact) mass is 511 g/mol. The van der Waals surface area contributed by atoms with Crippen molar-refractivity contribution in [2.24, 2.45) is 0 Å². The zero-order valence-corrected chi connectivity index (χ0v) is 19.0. The Kier molecular flexibility index (Phi) is 6.08. The van der Waals surface area contributed by atoms with Gasteiger partial charge in [0, 0.05) is 16.8 Å². The van der Waals surface area contributed by atoms with Crippen LogP contribution >= 0.6 is 22.6 Å². The maximum absolute atomic E-state index is 12.4. The lowest BCUT2D eigenvalue weighted by molar-refractivity contribution is -0.110. The summed E-state index contributed by atoms with van der Waals surface area (Å²) in [5.74, 6) is 1.30. The standard InChI is InChI=1S/C25H22INO3/c1-3-29-23-14-18(12-20-19-6-4-5-7-22(19)27-25(20)28)13-21(26)24(23)30-15-17-10-8-16(2)9-11-17/h4-14H,3,15H2,1-2H3,(H,27,28)/b20-12-. The lowest BCUT2D eigenvalue weighted by Gasteiger charge is -2.15. The molecule has 5 heteroatoms. The highest BCUT2D eigenvalue weighted by atomic mass is 127. The summed E-state index contributed by atoms with van der Waals surface area (Å²) in [5, 5.41) is 2.91. The molecule has 30 heavy (non-hydrogen) atoms. The van der Waals surface area contributed by atoms with Crippen molar-refractivity contribution in [3.63, 3.8) is 0 Å². The zero-order chi connectivity index (χ0) is 21.1. The smallest absolute Gasteiger partial charge is 0.256 e. The molecule has 1 amide bonds. The molecule has 152 valence electrons. The van der Waals surface area contributed by atoms with Crippen molar-refractivity contribution in [1.29, 1.82) is 0 Å². The number of hydrogen-bond donors (Lipinski definition) is 1. The molecule has 0 atom stereocenters. The number of para-hydroxylation sites is 1. The fraction of sp³-hybridized carbons (Fsp3) is 0.160. The predicted molar refractivity (Wildman–Crippen MR) is 129 cm³/mol. The highest BCUT2D eigenvalue weighted by molar-refractivity contribution is 14.1. The summed E-state index contributed by atoms with van der Waals surface area (Å²) < 4.78 is 12.9. The quantitative estimate of drug-likeness (QED) is 0.323. The zero-order valence-electron chi connectivity index (χ0n) is 16.9. The molecule has 0 bridgehead atoms. The first-order chi connectivity index (χ1) is 14.5. The van der Waals surface area contributed by atoms with E-state index in [0.717, 1.165) is 31.7 Å². The average molecular weight is 511 g/mol. The van der Waals surface area contributed by atoms with Gasteiger partial charge in [-0.15, -0.1) is 0 Å². The van der Waals surface area contributed by atoms with E-state index in [1.54, 1.807) is 0 Å². The van der Waals surface area contributed by atoms with Crippen molar-refractivity contribution in [2.45, 2.75) is 20.5 Å². The van der Waals surface area contributed by atoms with E-state index in [9.17, 15) is 4.79 Å². The maximum Gasteiger partial charge on any atom is 0.256 e. The Morgan fingerprint density at radius 1 is 1.03 bits per heavy atom. The molecule has 0 fully saturated rings. The van der Waals surface area contributed by atoms with Crippen LogP contribution in [0.5, 0.6) is 11.5 Å². The second kappa shape index (κ2) is 8.92. The summed E-state index contributed by atoms with van der Waals surface area (Å²) in [5.41, 5.74) is 5.62. The van der Waals surface area contributed by atoms with Crippen molar-refractivity contribution in [3.8, 4) is 11.5 Å². The normalized spacial score (nSPS) is 13.8. The number of benzene rings is 3. The summed E-state index contributed by atoms with van der Waals surface area (Å²) in [6, 6.07) is 19.9. The minimum atomic E-state index is -0.0936. The second-order valence-electron chi connectivity index (χ2n) is 7.09. The third kappa shape index (κ3) is 4.36. The van der Waals surface area contributed by atoms with Crippen molar-refractivity contribution in [1.82, 2.24) is 0 Å². The summed E-state index contributed by atoms with van der Waals surface area (Å²) >= 11 is 2.26. The van der Waals surface area contributed by atoms with Gasteiger partial charge in [-0.25, -0.2) is 0 Å². The number of carbonyl (C=O) groups is 1. The molecule has 1 aliphatic heterocycles. The molecule has 4 rings (SSSR count). The van der Waals surface area contributed by atoms with Gasteiger partial charge in [-0.3, -0.25) is 4.79 Å². The molecule has 0 spiro atoms. The molecule has 0 saturated heterocycles. The number of fused-ring (bicyclic) bond motifs is 1. The largest absolute Gasteiger partial charge is 0.490 e. The van der Waals surface area contributed by atoms with Crippen molar-refractivity contribution in [2.75, 3.05) is 11.9 Å². The van der Waals surface area contributed by atoms with Gasteiger partial charge in [0.15, 0.2) is 11.5 Å². The SMILES string of the molecule is CCOc1cc(/C=C2\C(=O)Nc3ccccc32)cc(I)c1OCc1ccc(C)cc1. The average Bonchev–Trinajstić information content (AvgIpc) is 3.04. The van der Waals surface area contributed by atoms with E-state index < -0.39 is 0 Å². The minimum absolute atomic E-state index is 0.0936. The van der Waals surface area contributed by atoms with Crippen LogP contribution in [-0.2, 0) is 11.4 Å². The number of ether oxygens (including phenoxy) is 2. The molecule has 1 N–H and O–H groups in total. The van der Waals surface area contributed by atoms with E-state index in [-0.39, 0.29) is 5.91 Å². The Labute approximate surface area is 190 Å². The van der Waals surface area contributed by atoms with Gasteiger partial charge in [-0.05, 0) is 71.8 Å². The number of nitrogens with one attached hydrogen (secondary N) is 1. The molecular weight excluding hydrogens is 489 g/mol. The fourth-order valence-electron chi connectivity index (χ4n) is 3.36. The molecule has 1 aliphatic rings. The third-order valence-electron chi connectivity index (χ3n) is 4.86. The van der Waals surface area contributed by atoms with E-state index in [1.807, 2.05) is 49.4 Å². The van der Waals surface area contributed by atoms with Crippen molar-refractivity contribution in [3.05, 3.63) is 86.5 Å². The molecule has 0 radical (unpaired) electrons. The molecule has 1 heterocycles. The summed E-state index contributed by atoms with van der Waals surface area (Å²) in [6.07, 6.45) is 1.90. The van der Waals surface area contributed by atoms with Crippen LogP contribution in [0.1, 0.15) is 29.2 Å². The number of aryl methyl sites for hydroxylation is 1. The predicted octanol–water partition coefficient (Wildman–Crippen LogP) is 6.07. The molecular formula is C25H22INO3. The second-order valence-corrected chi connectivity index (χ2v) is 8.26. The molecule has 0 aliphatic carbocycles. The Balaban J connectivity index is 1.65. The van der Waals surface area contributed by atoms with Crippen LogP contribution in [0.2, 0.25) is 0 Å². The van der Waals surface area contributed by atoms with Crippen LogP contribution in [0.3, 0.4) is 0 Å². The number of rotatable bonds is 6. The van der Waals surface area contributed by atoms with Crippen LogP contribution in [0, 0.1) is 10.5 Å². The number of hydrogen-bond acceptors (Lipinski definition) is 3. The Bertz CT molecular complexity index is 1120. The van der Waals surface area contributed by atoms with Crippen molar-refractivity contribution >= 4 is 45.8 Å². The van der Waals surface area contributed by atoms with E-state index in [2.05, 4.69) is 59.1 Å². The van der Waals surface area contributed by atoms with Crippen LogP contribution in [0.4, 0.5) is 5.69 Å². The first-order valence-electron chi connectivity index (χ1n) is 9.82. The van der Waals surface area contributed by atoms with Crippen molar-refractivity contribution < 1.29 is 14.3 Å². The van der Waals surface area contributed by atoms with Gasteiger partial charge in [0.25, 0.3) is 5.91 Å².